The molecule has 2 amide bonds. The number of carbonyl (C=O) groups is 2. The summed E-state index contributed by atoms with van der Waals surface area (Å²) in [7, 11) is 0. The fourth-order valence-electron chi connectivity index (χ4n) is 3.16. The second-order valence-electron chi connectivity index (χ2n) is 6.73. The third-order valence-corrected chi connectivity index (χ3v) is 5.54. The number of imide groups is 1. The highest BCUT2D eigenvalue weighted by atomic mass is 32.1. The van der Waals surface area contributed by atoms with E-state index in [9.17, 15) is 9.59 Å². The van der Waals surface area contributed by atoms with E-state index >= 15 is 0 Å². The van der Waals surface area contributed by atoms with Crippen LogP contribution in [0.3, 0.4) is 0 Å². The number of rotatable bonds is 5. The Balaban J connectivity index is 1.74. The SMILES string of the molecule is Cc1ccc(C)c(NC2=C(c3cccs3)C(=O)N(Cc3cccnc3)C2=O)c1. The van der Waals surface area contributed by atoms with Crippen molar-refractivity contribution in [3.63, 3.8) is 0 Å². The van der Waals surface area contributed by atoms with Crippen LogP contribution in [-0.2, 0) is 16.1 Å². The Hall–Kier alpha value is -3.25. The quantitative estimate of drug-likeness (QED) is 0.666. The van der Waals surface area contributed by atoms with E-state index in [0.717, 1.165) is 27.3 Å². The largest absolute Gasteiger partial charge is 0.350 e. The number of thiophene rings is 1. The van der Waals surface area contributed by atoms with Gasteiger partial charge in [0.1, 0.15) is 5.70 Å². The summed E-state index contributed by atoms with van der Waals surface area (Å²) in [6.07, 6.45) is 3.33. The number of amides is 2. The van der Waals surface area contributed by atoms with Crippen molar-refractivity contribution < 1.29 is 9.59 Å². The van der Waals surface area contributed by atoms with Gasteiger partial charge in [-0.3, -0.25) is 19.5 Å². The molecule has 0 saturated heterocycles. The Labute approximate surface area is 167 Å². The van der Waals surface area contributed by atoms with E-state index < -0.39 is 0 Å². The maximum atomic E-state index is 13.2. The molecule has 0 bridgehead atoms. The van der Waals surface area contributed by atoms with Crippen molar-refractivity contribution in [1.82, 2.24) is 9.88 Å². The average molecular weight is 389 g/mol. The van der Waals surface area contributed by atoms with Crippen LogP contribution in [0, 0.1) is 13.8 Å². The van der Waals surface area contributed by atoms with Gasteiger partial charge in [0.2, 0.25) is 0 Å². The lowest BCUT2D eigenvalue weighted by Gasteiger charge is -2.15. The summed E-state index contributed by atoms with van der Waals surface area (Å²) in [6.45, 7) is 4.16. The van der Waals surface area contributed by atoms with Gasteiger partial charge in [0, 0.05) is 23.0 Å². The Bertz CT molecular complexity index is 1070. The van der Waals surface area contributed by atoms with Crippen molar-refractivity contribution in [3.05, 3.63) is 87.5 Å². The summed E-state index contributed by atoms with van der Waals surface area (Å²) in [5, 5.41) is 5.15. The predicted octanol–water partition coefficient (Wildman–Crippen LogP) is 4.15. The Morgan fingerprint density at radius 3 is 2.64 bits per heavy atom. The van der Waals surface area contributed by atoms with E-state index in [0.29, 0.717) is 11.3 Å². The van der Waals surface area contributed by atoms with Crippen molar-refractivity contribution in [2.24, 2.45) is 0 Å². The molecule has 1 aliphatic rings. The third-order valence-electron chi connectivity index (χ3n) is 4.65. The van der Waals surface area contributed by atoms with Crippen LogP contribution in [-0.4, -0.2) is 21.7 Å². The van der Waals surface area contributed by atoms with Crippen LogP contribution in [0.2, 0.25) is 0 Å². The van der Waals surface area contributed by atoms with E-state index in [1.165, 1.54) is 16.2 Å². The van der Waals surface area contributed by atoms with Crippen molar-refractivity contribution in [1.29, 1.82) is 0 Å². The lowest BCUT2D eigenvalue weighted by Crippen LogP contribution is -2.32. The Morgan fingerprint density at radius 1 is 1.07 bits per heavy atom. The van der Waals surface area contributed by atoms with Gasteiger partial charge in [-0.05, 0) is 54.1 Å². The first-order valence-corrected chi connectivity index (χ1v) is 9.80. The fourth-order valence-corrected chi connectivity index (χ4v) is 3.93. The minimum Gasteiger partial charge on any atom is -0.350 e. The van der Waals surface area contributed by atoms with Gasteiger partial charge in [-0.2, -0.15) is 0 Å². The van der Waals surface area contributed by atoms with Crippen LogP contribution in [0.1, 0.15) is 21.6 Å². The minimum absolute atomic E-state index is 0.193. The minimum atomic E-state index is -0.321. The van der Waals surface area contributed by atoms with Crippen LogP contribution in [0.25, 0.3) is 5.57 Å². The zero-order chi connectivity index (χ0) is 19.7. The van der Waals surface area contributed by atoms with Crippen molar-refractivity contribution in [3.8, 4) is 0 Å². The molecule has 0 spiro atoms. The number of anilines is 1. The molecule has 4 rings (SSSR count). The molecule has 0 fully saturated rings. The van der Waals surface area contributed by atoms with Crippen molar-refractivity contribution in [2.75, 3.05) is 5.32 Å². The van der Waals surface area contributed by atoms with E-state index in [2.05, 4.69) is 10.3 Å². The van der Waals surface area contributed by atoms with E-state index in [1.807, 2.05) is 55.6 Å². The number of aryl methyl sites for hydroxylation is 2. The van der Waals surface area contributed by atoms with Gasteiger partial charge in [0.15, 0.2) is 0 Å². The molecule has 2 aromatic heterocycles. The average Bonchev–Trinajstić information content (AvgIpc) is 3.29. The summed E-state index contributed by atoms with van der Waals surface area (Å²) < 4.78 is 0. The monoisotopic (exact) mass is 389 g/mol. The number of benzene rings is 1. The van der Waals surface area contributed by atoms with Gasteiger partial charge in [-0.1, -0.05) is 24.3 Å². The maximum absolute atomic E-state index is 13.2. The van der Waals surface area contributed by atoms with Crippen LogP contribution >= 0.6 is 11.3 Å². The fraction of sp³-hybridized carbons (Fsp3) is 0.136. The topological polar surface area (TPSA) is 62.3 Å². The molecule has 1 aromatic carbocycles. The highest BCUT2D eigenvalue weighted by molar-refractivity contribution is 7.11. The maximum Gasteiger partial charge on any atom is 0.278 e. The van der Waals surface area contributed by atoms with Gasteiger partial charge in [-0.15, -0.1) is 11.3 Å². The molecule has 0 unspecified atom stereocenters. The lowest BCUT2D eigenvalue weighted by atomic mass is 10.1. The van der Waals surface area contributed by atoms with Crippen LogP contribution in [0.5, 0.6) is 0 Å². The molecular weight excluding hydrogens is 370 g/mol. The van der Waals surface area contributed by atoms with Crippen LogP contribution < -0.4 is 5.32 Å². The predicted molar refractivity (Wildman–Crippen MR) is 111 cm³/mol. The second kappa shape index (κ2) is 7.40. The molecule has 1 N–H and O–H groups in total. The molecule has 1 aliphatic heterocycles. The molecule has 0 aliphatic carbocycles. The van der Waals surface area contributed by atoms with Crippen molar-refractivity contribution >= 4 is 34.4 Å². The normalized spacial score (nSPS) is 14.1. The third kappa shape index (κ3) is 3.34. The molecule has 28 heavy (non-hydrogen) atoms. The molecule has 0 atom stereocenters. The number of hydrogen-bond acceptors (Lipinski definition) is 5. The first-order chi connectivity index (χ1) is 13.5. The summed E-state index contributed by atoms with van der Waals surface area (Å²) in [5.74, 6) is -0.609. The number of carbonyl (C=O) groups excluding carboxylic acids is 2. The molecule has 3 aromatic rings. The molecular formula is C22H19N3O2S. The summed E-state index contributed by atoms with van der Waals surface area (Å²) in [4.78, 5) is 32.5. The Kier molecular flexibility index (Phi) is 4.79. The summed E-state index contributed by atoms with van der Waals surface area (Å²) >= 11 is 1.45. The molecule has 140 valence electrons. The summed E-state index contributed by atoms with van der Waals surface area (Å²) in [5.41, 5.74) is 4.47. The van der Waals surface area contributed by atoms with Gasteiger partial charge in [0.25, 0.3) is 11.8 Å². The number of nitrogens with zero attached hydrogens (tertiary/aromatic N) is 2. The number of hydrogen-bond donors (Lipinski definition) is 1. The Morgan fingerprint density at radius 2 is 1.93 bits per heavy atom. The zero-order valence-corrected chi connectivity index (χ0v) is 16.4. The van der Waals surface area contributed by atoms with Gasteiger partial charge >= 0.3 is 0 Å². The van der Waals surface area contributed by atoms with Crippen LogP contribution in [0.15, 0.2) is 65.9 Å². The number of nitrogens with one attached hydrogen (secondary N) is 1. The molecule has 3 heterocycles. The van der Waals surface area contributed by atoms with E-state index in [-0.39, 0.29) is 18.4 Å². The standard InChI is InChI=1S/C22H19N3O2S/c1-14-7-8-15(2)17(11-14)24-20-19(18-6-4-10-28-18)21(26)25(22(20)27)13-16-5-3-9-23-12-16/h3-12,24H,13H2,1-2H3. The summed E-state index contributed by atoms with van der Waals surface area (Å²) in [6, 6.07) is 13.4. The first kappa shape index (κ1) is 18.1. The molecule has 5 nitrogen and oxygen atoms in total. The number of aromatic nitrogens is 1. The van der Waals surface area contributed by atoms with E-state index in [1.54, 1.807) is 18.5 Å². The smallest absolute Gasteiger partial charge is 0.278 e. The highest BCUT2D eigenvalue weighted by Crippen LogP contribution is 2.34. The second-order valence-corrected chi connectivity index (χ2v) is 7.68. The number of pyridine rings is 1. The van der Waals surface area contributed by atoms with Crippen LogP contribution in [0.4, 0.5) is 5.69 Å². The molecule has 0 saturated carbocycles. The van der Waals surface area contributed by atoms with E-state index in [4.69, 9.17) is 0 Å². The van der Waals surface area contributed by atoms with Crippen molar-refractivity contribution in [2.45, 2.75) is 20.4 Å². The lowest BCUT2D eigenvalue weighted by molar-refractivity contribution is -0.137. The highest BCUT2D eigenvalue weighted by Gasteiger charge is 2.39. The first-order valence-electron chi connectivity index (χ1n) is 8.92. The molecule has 6 heteroatoms. The zero-order valence-electron chi connectivity index (χ0n) is 15.6. The van der Waals surface area contributed by atoms with Gasteiger partial charge < -0.3 is 5.32 Å². The van der Waals surface area contributed by atoms with Gasteiger partial charge in [0.05, 0.1) is 12.1 Å². The van der Waals surface area contributed by atoms with Gasteiger partial charge in [-0.25, -0.2) is 0 Å². The molecule has 0 radical (unpaired) electrons.